The minimum Gasteiger partial charge on any atom is -0.411 e. The van der Waals surface area contributed by atoms with Crippen molar-refractivity contribution in [2.45, 2.75) is 0 Å². The van der Waals surface area contributed by atoms with Crippen LogP contribution in [0.2, 0.25) is 0 Å². The van der Waals surface area contributed by atoms with Crippen LogP contribution < -0.4 is 0 Å². The van der Waals surface area contributed by atoms with Crippen LogP contribution in [-0.4, -0.2) is 11.4 Å². The van der Waals surface area contributed by atoms with Gasteiger partial charge < -0.3 is 5.21 Å². The SMILES string of the molecule is ON=Cc1ccccc1.[Pd]. The summed E-state index contributed by atoms with van der Waals surface area (Å²) in [4.78, 5) is 0. The Bertz CT molecular complexity index is 198. The molecule has 1 aromatic carbocycles. The molecule has 0 saturated carbocycles. The molecule has 0 aliphatic heterocycles. The van der Waals surface area contributed by atoms with Crippen LogP contribution in [0, 0.1) is 0 Å². The van der Waals surface area contributed by atoms with E-state index in [4.69, 9.17) is 5.21 Å². The topological polar surface area (TPSA) is 32.6 Å². The molecule has 0 aliphatic carbocycles. The van der Waals surface area contributed by atoms with Gasteiger partial charge in [-0.15, -0.1) is 0 Å². The Morgan fingerprint density at radius 1 is 1.20 bits per heavy atom. The summed E-state index contributed by atoms with van der Waals surface area (Å²) in [6.45, 7) is 0. The van der Waals surface area contributed by atoms with Gasteiger partial charge in [-0.3, -0.25) is 0 Å². The molecule has 56 valence electrons. The van der Waals surface area contributed by atoms with Crippen LogP contribution in [0.1, 0.15) is 5.56 Å². The average molecular weight is 228 g/mol. The summed E-state index contributed by atoms with van der Waals surface area (Å²) < 4.78 is 0. The maximum atomic E-state index is 8.09. The van der Waals surface area contributed by atoms with Crippen molar-refractivity contribution < 1.29 is 25.6 Å². The van der Waals surface area contributed by atoms with Crippen LogP contribution in [0.3, 0.4) is 0 Å². The average Bonchev–Trinajstić information content (AvgIpc) is 1.91. The van der Waals surface area contributed by atoms with E-state index in [-0.39, 0.29) is 20.4 Å². The van der Waals surface area contributed by atoms with Gasteiger partial charge in [0.15, 0.2) is 0 Å². The predicted octanol–water partition coefficient (Wildman–Crippen LogP) is 1.49. The molecule has 1 rings (SSSR count). The van der Waals surface area contributed by atoms with Gasteiger partial charge in [0.2, 0.25) is 0 Å². The zero-order chi connectivity index (χ0) is 6.53. The van der Waals surface area contributed by atoms with E-state index in [1.54, 1.807) is 0 Å². The molecule has 0 saturated heterocycles. The molecule has 0 amide bonds. The molecule has 0 bridgehead atoms. The molecule has 0 aromatic heterocycles. The molecule has 3 heteroatoms. The van der Waals surface area contributed by atoms with Gasteiger partial charge in [-0.2, -0.15) is 0 Å². The van der Waals surface area contributed by atoms with Crippen molar-refractivity contribution in [1.29, 1.82) is 0 Å². The second-order valence-corrected chi connectivity index (χ2v) is 1.66. The van der Waals surface area contributed by atoms with Gasteiger partial charge in [-0.25, -0.2) is 0 Å². The first kappa shape index (κ1) is 9.35. The Balaban J connectivity index is 0.000000810. The summed E-state index contributed by atoms with van der Waals surface area (Å²) in [7, 11) is 0. The summed E-state index contributed by atoms with van der Waals surface area (Å²) in [5.41, 5.74) is 0.903. The van der Waals surface area contributed by atoms with Gasteiger partial charge in [0, 0.05) is 20.4 Å². The number of nitrogens with zero attached hydrogens (tertiary/aromatic N) is 1. The molecule has 1 aromatic rings. The molecular formula is C7H7NOPd. The zero-order valence-electron chi connectivity index (χ0n) is 5.17. The molecule has 0 unspecified atom stereocenters. The second-order valence-electron chi connectivity index (χ2n) is 1.66. The number of rotatable bonds is 1. The van der Waals surface area contributed by atoms with E-state index < -0.39 is 0 Å². The maximum absolute atomic E-state index is 8.09. The van der Waals surface area contributed by atoms with Gasteiger partial charge in [-0.1, -0.05) is 35.5 Å². The predicted molar refractivity (Wildman–Crippen MR) is 35.8 cm³/mol. The van der Waals surface area contributed by atoms with E-state index in [9.17, 15) is 0 Å². The van der Waals surface area contributed by atoms with Crippen molar-refractivity contribution in [3.8, 4) is 0 Å². The summed E-state index contributed by atoms with van der Waals surface area (Å²) >= 11 is 0. The third-order valence-electron chi connectivity index (χ3n) is 1.01. The minimum absolute atomic E-state index is 0. The number of hydrogen-bond acceptors (Lipinski definition) is 2. The van der Waals surface area contributed by atoms with E-state index in [1.165, 1.54) is 6.21 Å². The van der Waals surface area contributed by atoms with E-state index >= 15 is 0 Å². The van der Waals surface area contributed by atoms with Crippen LogP contribution in [-0.2, 0) is 20.4 Å². The number of benzene rings is 1. The minimum atomic E-state index is 0. The molecule has 0 spiro atoms. The summed E-state index contributed by atoms with van der Waals surface area (Å²) in [6.07, 6.45) is 1.39. The fourth-order valence-electron chi connectivity index (χ4n) is 0.606. The molecule has 0 fully saturated rings. The van der Waals surface area contributed by atoms with E-state index in [2.05, 4.69) is 5.16 Å². The van der Waals surface area contributed by atoms with Crippen molar-refractivity contribution in [3.63, 3.8) is 0 Å². The van der Waals surface area contributed by atoms with E-state index in [0.29, 0.717) is 0 Å². The van der Waals surface area contributed by atoms with E-state index in [0.717, 1.165) is 5.56 Å². The third-order valence-corrected chi connectivity index (χ3v) is 1.01. The Hall–Kier alpha value is -0.648. The van der Waals surface area contributed by atoms with Gasteiger partial charge in [0.05, 0.1) is 6.21 Å². The van der Waals surface area contributed by atoms with Crippen LogP contribution >= 0.6 is 0 Å². The molecule has 2 nitrogen and oxygen atoms in total. The fraction of sp³-hybridized carbons (Fsp3) is 0. The second kappa shape index (κ2) is 5.16. The maximum Gasteiger partial charge on any atom is 0.0733 e. The standard InChI is InChI=1S/C7H7NO.Pd/c9-8-6-7-4-2-1-3-5-7;/h1-6,9H;. The Labute approximate surface area is 73.2 Å². The molecule has 10 heavy (non-hydrogen) atoms. The van der Waals surface area contributed by atoms with Crippen LogP contribution in [0.15, 0.2) is 35.5 Å². The van der Waals surface area contributed by atoms with Gasteiger partial charge in [-0.05, 0) is 5.56 Å². The molecular weight excluding hydrogens is 221 g/mol. The molecule has 0 radical (unpaired) electrons. The largest absolute Gasteiger partial charge is 0.411 e. The fourth-order valence-corrected chi connectivity index (χ4v) is 0.606. The third kappa shape index (κ3) is 2.77. The van der Waals surface area contributed by atoms with E-state index in [1.807, 2.05) is 30.3 Å². The number of oxime groups is 1. The van der Waals surface area contributed by atoms with Gasteiger partial charge >= 0.3 is 0 Å². The first-order chi connectivity index (χ1) is 4.43. The van der Waals surface area contributed by atoms with Gasteiger partial charge in [0.1, 0.15) is 0 Å². The molecule has 0 heterocycles. The normalized spacial score (nSPS) is 9.20. The summed E-state index contributed by atoms with van der Waals surface area (Å²) in [5, 5.41) is 11.0. The van der Waals surface area contributed by atoms with Crippen molar-refractivity contribution in [1.82, 2.24) is 0 Å². The summed E-state index contributed by atoms with van der Waals surface area (Å²) in [6, 6.07) is 9.40. The van der Waals surface area contributed by atoms with Gasteiger partial charge in [0.25, 0.3) is 0 Å². The molecule has 1 N–H and O–H groups in total. The monoisotopic (exact) mass is 227 g/mol. The zero-order valence-corrected chi connectivity index (χ0v) is 6.73. The van der Waals surface area contributed by atoms with Crippen molar-refractivity contribution in [3.05, 3.63) is 35.9 Å². The Kier molecular flexibility index (Phi) is 4.83. The molecule has 0 aliphatic rings. The Morgan fingerprint density at radius 2 is 1.80 bits per heavy atom. The first-order valence-corrected chi connectivity index (χ1v) is 2.66. The van der Waals surface area contributed by atoms with Crippen LogP contribution in [0.25, 0.3) is 0 Å². The van der Waals surface area contributed by atoms with Crippen molar-refractivity contribution >= 4 is 6.21 Å². The number of hydrogen-bond donors (Lipinski definition) is 1. The smallest absolute Gasteiger partial charge is 0.0733 e. The summed E-state index contributed by atoms with van der Waals surface area (Å²) in [5.74, 6) is 0. The van der Waals surface area contributed by atoms with Crippen molar-refractivity contribution in [2.75, 3.05) is 0 Å². The molecule has 0 atom stereocenters. The van der Waals surface area contributed by atoms with Crippen LogP contribution in [0.4, 0.5) is 0 Å². The quantitative estimate of drug-likeness (QED) is 0.335. The first-order valence-electron chi connectivity index (χ1n) is 2.66. The van der Waals surface area contributed by atoms with Crippen molar-refractivity contribution in [2.24, 2.45) is 5.16 Å². The van der Waals surface area contributed by atoms with Crippen LogP contribution in [0.5, 0.6) is 0 Å². The Morgan fingerprint density at radius 3 is 2.30 bits per heavy atom.